The average molecular weight is 278 g/mol. The molecule has 0 spiro atoms. The third-order valence-electron chi connectivity index (χ3n) is 1.31. The third kappa shape index (κ3) is 8.75. The summed E-state index contributed by atoms with van der Waals surface area (Å²) in [4.78, 5) is 22.1. The van der Waals surface area contributed by atoms with Crippen molar-refractivity contribution in [2.45, 2.75) is 19.2 Å². The van der Waals surface area contributed by atoms with Crippen molar-refractivity contribution in [3.8, 4) is 0 Å². The molecule has 1 atom stereocenters. The molecule has 0 rings (SSSR count). The van der Waals surface area contributed by atoms with Crippen molar-refractivity contribution in [3.05, 3.63) is 23.6 Å². The number of rotatable bonds is 6. The molecule has 4 nitrogen and oxygen atoms in total. The Hall–Kier alpha value is -0.530. The fourth-order valence-corrected chi connectivity index (χ4v) is 1.78. The van der Waals surface area contributed by atoms with Crippen LogP contribution in [0.3, 0.4) is 0 Å². The van der Waals surface area contributed by atoms with Gasteiger partial charge in [-0.05, 0) is 25.3 Å². The van der Waals surface area contributed by atoms with Gasteiger partial charge < -0.3 is 5.32 Å². The first kappa shape index (κ1) is 15.5. The number of carbonyl (C=O) groups excluding carboxylic acids is 2. The molecule has 0 aromatic rings. The van der Waals surface area contributed by atoms with Crippen LogP contribution in [0.15, 0.2) is 23.6 Å². The summed E-state index contributed by atoms with van der Waals surface area (Å²) >= 11 is 5.11. The Kier molecular flexibility index (Phi) is 9.36. The normalized spacial score (nSPS) is 12.9. The van der Waals surface area contributed by atoms with E-state index in [-0.39, 0.29) is 17.2 Å². The van der Waals surface area contributed by atoms with E-state index in [2.05, 4.69) is 21.7 Å². The maximum Gasteiger partial charge on any atom is 0.254 e. The number of amides is 2. The van der Waals surface area contributed by atoms with Crippen LogP contribution in [0.25, 0.3) is 0 Å². The number of thioether (sulfide) groups is 1. The van der Waals surface area contributed by atoms with Crippen LogP contribution in [0.5, 0.6) is 0 Å². The molecule has 0 aliphatic rings. The number of hydrogen-bond acceptors (Lipinski definition) is 5. The van der Waals surface area contributed by atoms with E-state index in [4.69, 9.17) is 0 Å². The van der Waals surface area contributed by atoms with E-state index in [1.54, 1.807) is 18.4 Å². The second-order valence-corrected chi connectivity index (χ2v) is 4.83. The summed E-state index contributed by atoms with van der Waals surface area (Å²) in [6.07, 6.45) is 4.50. The van der Waals surface area contributed by atoms with Crippen molar-refractivity contribution in [2.24, 2.45) is 0 Å². The maximum atomic E-state index is 11.1. The lowest BCUT2D eigenvalue weighted by atomic mass is 10.5. The van der Waals surface area contributed by atoms with Crippen molar-refractivity contribution in [1.82, 2.24) is 10.0 Å². The number of allylic oxidation sites excluding steroid dienone is 1. The lowest BCUT2D eigenvalue weighted by molar-refractivity contribution is -0.116. The van der Waals surface area contributed by atoms with Crippen molar-refractivity contribution in [3.63, 3.8) is 0 Å². The summed E-state index contributed by atoms with van der Waals surface area (Å²) in [6.45, 7) is 3.61. The fourth-order valence-electron chi connectivity index (χ4n) is 0.732. The van der Waals surface area contributed by atoms with E-state index >= 15 is 0 Å². The van der Waals surface area contributed by atoms with Gasteiger partial charge in [-0.25, -0.2) is 0 Å². The molecule has 0 saturated carbocycles. The Labute approximate surface area is 109 Å². The highest BCUT2D eigenvalue weighted by atomic mass is 33.1. The molecule has 0 fully saturated rings. The fraction of sp³-hybridized carbons (Fsp3) is 0.333. The quantitative estimate of drug-likeness (QED) is 0.228. The minimum atomic E-state index is -0.237. The number of thiol groups is 1. The van der Waals surface area contributed by atoms with Gasteiger partial charge in [0.25, 0.3) is 5.91 Å². The zero-order valence-corrected chi connectivity index (χ0v) is 11.5. The first-order valence-corrected chi connectivity index (χ1v) is 7.27. The molecule has 1 unspecified atom stereocenters. The van der Waals surface area contributed by atoms with Gasteiger partial charge in [-0.2, -0.15) is 0 Å². The zero-order valence-electron chi connectivity index (χ0n) is 8.97. The van der Waals surface area contributed by atoms with E-state index in [1.165, 1.54) is 23.9 Å². The summed E-state index contributed by atoms with van der Waals surface area (Å²) < 4.78 is 2.42. The SMILES string of the molecule is C/C=C/C(=O)NC(C)S/C=C/C(=O)NSS. The van der Waals surface area contributed by atoms with Crippen LogP contribution < -0.4 is 10.0 Å². The highest BCUT2D eigenvalue weighted by Crippen LogP contribution is 2.09. The van der Waals surface area contributed by atoms with Gasteiger partial charge in [0.05, 0.1) is 5.37 Å². The molecule has 0 aromatic carbocycles. The topological polar surface area (TPSA) is 58.2 Å². The van der Waals surface area contributed by atoms with Gasteiger partial charge in [0.1, 0.15) is 0 Å². The molecule has 0 saturated heterocycles. The van der Waals surface area contributed by atoms with Gasteiger partial charge in [-0.15, -0.1) is 11.8 Å². The Morgan fingerprint density at radius 3 is 2.56 bits per heavy atom. The van der Waals surface area contributed by atoms with Crippen LogP contribution in [0.2, 0.25) is 0 Å². The van der Waals surface area contributed by atoms with E-state index in [0.29, 0.717) is 0 Å². The lowest BCUT2D eigenvalue weighted by Crippen LogP contribution is -2.28. The summed E-state index contributed by atoms with van der Waals surface area (Å²) in [7, 11) is 0.941. The molecule has 7 heteroatoms. The number of hydrogen-bond donors (Lipinski definition) is 3. The van der Waals surface area contributed by atoms with E-state index < -0.39 is 0 Å². The van der Waals surface area contributed by atoms with Crippen LogP contribution >= 0.6 is 34.4 Å². The molecule has 0 radical (unpaired) electrons. The molecule has 0 heterocycles. The maximum absolute atomic E-state index is 11.1. The van der Waals surface area contributed by atoms with Crippen LogP contribution in [-0.2, 0) is 9.59 Å². The summed E-state index contributed by atoms with van der Waals surface area (Å²) in [5.41, 5.74) is 0. The Morgan fingerprint density at radius 1 is 1.31 bits per heavy atom. The van der Waals surface area contributed by atoms with Crippen molar-refractivity contribution in [1.29, 1.82) is 0 Å². The minimum absolute atomic E-state index is 0.0867. The van der Waals surface area contributed by atoms with E-state index in [1.807, 2.05) is 6.92 Å². The lowest BCUT2D eigenvalue weighted by Gasteiger charge is -2.08. The van der Waals surface area contributed by atoms with E-state index in [0.717, 1.165) is 11.0 Å². The minimum Gasteiger partial charge on any atom is -0.341 e. The second kappa shape index (κ2) is 9.68. The third-order valence-corrected chi connectivity index (χ3v) is 2.70. The van der Waals surface area contributed by atoms with Gasteiger partial charge >= 0.3 is 0 Å². The predicted molar refractivity (Wildman–Crippen MR) is 73.9 cm³/mol. The van der Waals surface area contributed by atoms with Gasteiger partial charge in [0.2, 0.25) is 5.91 Å². The first-order valence-electron chi connectivity index (χ1n) is 4.45. The van der Waals surface area contributed by atoms with Gasteiger partial charge in [-0.1, -0.05) is 17.7 Å². The highest BCUT2D eigenvalue weighted by molar-refractivity contribution is 8.68. The molecular weight excluding hydrogens is 264 g/mol. The smallest absolute Gasteiger partial charge is 0.254 e. The second-order valence-electron chi connectivity index (χ2n) is 2.65. The molecular formula is C9H14N2O2S3. The molecule has 0 aromatic heterocycles. The molecule has 2 N–H and O–H groups in total. The monoisotopic (exact) mass is 278 g/mol. The van der Waals surface area contributed by atoms with Gasteiger partial charge in [0.15, 0.2) is 0 Å². The molecule has 0 bridgehead atoms. The van der Waals surface area contributed by atoms with Crippen molar-refractivity contribution < 1.29 is 9.59 Å². The van der Waals surface area contributed by atoms with Crippen LogP contribution in [0, 0.1) is 0 Å². The Bertz CT molecular complexity index is 292. The largest absolute Gasteiger partial charge is 0.341 e. The average Bonchev–Trinajstić information content (AvgIpc) is 2.18. The first-order chi connectivity index (χ1) is 7.60. The summed E-state index contributed by atoms with van der Waals surface area (Å²) in [5, 5.41) is 4.26. The Morgan fingerprint density at radius 2 is 2.00 bits per heavy atom. The van der Waals surface area contributed by atoms with Gasteiger partial charge in [-0.3, -0.25) is 14.3 Å². The number of nitrogens with one attached hydrogen (secondary N) is 2. The zero-order chi connectivity index (χ0) is 12.4. The van der Waals surface area contributed by atoms with Crippen molar-refractivity contribution >= 4 is 46.2 Å². The number of carbonyl (C=O) groups is 2. The predicted octanol–water partition coefficient (Wildman–Crippen LogP) is 1.88. The summed E-state index contributed by atoms with van der Waals surface area (Å²) in [6, 6.07) is 0. The molecule has 16 heavy (non-hydrogen) atoms. The van der Waals surface area contributed by atoms with Crippen LogP contribution in [-0.4, -0.2) is 17.2 Å². The molecule has 90 valence electrons. The van der Waals surface area contributed by atoms with Gasteiger partial charge in [0, 0.05) is 17.1 Å². The van der Waals surface area contributed by atoms with Crippen LogP contribution in [0.4, 0.5) is 0 Å². The molecule has 2 amide bonds. The van der Waals surface area contributed by atoms with E-state index in [9.17, 15) is 9.59 Å². The highest BCUT2D eigenvalue weighted by Gasteiger charge is 2.02. The molecule has 0 aliphatic carbocycles. The molecule has 0 aliphatic heterocycles. The Balaban J connectivity index is 3.84. The van der Waals surface area contributed by atoms with Crippen LogP contribution in [0.1, 0.15) is 13.8 Å². The summed E-state index contributed by atoms with van der Waals surface area (Å²) in [5.74, 6) is -0.384. The van der Waals surface area contributed by atoms with Crippen molar-refractivity contribution in [2.75, 3.05) is 0 Å². The standard InChI is InChI=1S/C9H14N2O2S3/c1-3-4-8(12)10-7(2)15-6-5-9(13)11-16-14/h3-7,14H,1-2H3,(H,10,12)(H,11,13)/b4-3+,6-5+.